The van der Waals surface area contributed by atoms with Gasteiger partial charge in [0.2, 0.25) is 17.5 Å². The molecule has 0 aromatic carbocycles. The van der Waals surface area contributed by atoms with Crippen LogP contribution in [0, 0.1) is 11.6 Å². The van der Waals surface area contributed by atoms with Crippen molar-refractivity contribution in [1.82, 2.24) is 53.8 Å². The smallest absolute Gasteiger partial charge is 0.466 e. The van der Waals surface area contributed by atoms with Crippen LogP contribution in [-0.4, -0.2) is 121 Å². The van der Waals surface area contributed by atoms with E-state index in [4.69, 9.17) is 26.0 Å². The first-order valence-corrected chi connectivity index (χ1v) is 27.7. The zero-order valence-corrected chi connectivity index (χ0v) is 52.4. The number of aromatic nitrogens is 11. The molecule has 92 heavy (non-hydrogen) atoms. The van der Waals surface area contributed by atoms with Crippen LogP contribution >= 0.6 is 43.5 Å². The van der Waals surface area contributed by atoms with Crippen LogP contribution in [0.3, 0.4) is 0 Å². The maximum absolute atomic E-state index is 14.3. The summed E-state index contributed by atoms with van der Waals surface area (Å²) < 4.78 is 216. The maximum atomic E-state index is 14.3. The largest absolute Gasteiger partial charge is 0.496 e. The molecule has 36 heteroatoms. The number of fused-ring (bicyclic) bond motifs is 3. The molecule has 516 valence electrons. The number of pyridine rings is 5. The van der Waals surface area contributed by atoms with Gasteiger partial charge in [-0.2, -0.15) is 52.7 Å². The highest BCUT2D eigenvalue weighted by atomic mass is 79.9. The van der Waals surface area contributed by atoms with Crippen LogP contribution in [0.1, 0.15) is 130 Å². The molecule has 0 radical (unpaired) electrons. The van der Waals surface area contributed by atoms with Crippen LogP contribution < -0.4 is 14.9 Å². The van der Waals surface area contributed by atoms with Gasteiger partial charge in [0.1, 0.15) is 0 Å². The highest BCUT2D eigenvalue weighted by Crippen LogP contribution is 2.38. The second kappa shape index (κ2) is 34.9. The normalized spacial score (nSPS) is 13.5. The third-order valence-electron chi connectivity index (χ3n) is 10.9. The molecule has 0 spiro atoms. The van der Waals surface area contributed by atoms with E-state index in [-0.39, 0.29) is 58.0 Å². The molecule has 1 fully saturated rings. The number of alkyl halides is 13. The Bertz CT molecular complexity index is 3540. The van der Waals surface area contributed by atoms with Crippen molar-refractivity contribution in [2.45, 2.75) is 172 Å². The number of hydrogen-bond acceptors (Lipinski definition) is 15. The molecule has 9 rings (SSSR count). The van der Waals surface area contributed by atoms with Crippen LogP contribution in [0.15, 0.2) is 88.5 Å². The standard InChI is InChI=1S/C17H14F6N4O2.C13H16BF4NO3.C10H10BrF2N3O.C7H3BrClF2N3.C3H8O.C2H6.4CH4/c1-9(2)29-17(22,23)15-26-25-13-4-3-10(7-27(13)15)11-5-12(18)14(24-6-11)28-8-16(19,20)21;1-11(2)12(3,4)22-14(21-11)8-5-9(15)10(19-6-8)20-7-13(16,17)18;1-6(2)17-10(12,13)9-15-14-8-4-3-7(11)5-16(8)9;8-4-1-2-5-12-13-6(7(9,10)11)14(5)3-4;1-3(2)4;1-2;;;;/h3-7,9H,8H2,1-2H3;5-6H,7H2,1-4H3;3-6H,1-2H3;1-3H;3-4H,1-2H3;1-2H3;4*1H4. The summed E-state index contributed by atoms with van der Waals surface area (Å²) in [5.41, 5.74) is 0.173. The van der Waals surface area contributed by atoms with Gasteiger partial charge in [-0.3, -0.25) is 13.2 Å². The van der Waals surface area contributed by atoms with E-state index in [0.717, 1.165) is 27.1 Å². The van der Waals surface area contributed by atoms with E-state index in [1.165, 1.54) is 69.0 Å². The molecule has 1 saturated heterocycles. The molecule has 0 atom stereocenters. The Morgan fingerprint density at radius 2 is 0.891 bits per heavy atom. The van der Waals surface area contributed by atoms with E-state index >= 15 is 0 Å². The fourth-order valence-corrected chi connectivity index (χ4v) is 7.53. The molecule has 18 nitrogen and oxygen atoms in total. The summed E-state index contributed by atoms with van der Waals surface area (Å²) in [5, 5.41) is 25.7. The van der Waals surface area contributed by atoms with Crippen molar-refractivity contribution in [3.63, 3.8) is 0 Å². The lowest BCUT2D eigenvalue weighted by Gasteiger charge is -2.32. The summed E-state index contributed by atoms with van der Waals surface area (Å²) in [4.78, 5) is 7.09. The number of hydrogen-bond donors (Lipinski definition) is 1. The summed E-state index contributed by atoms with van der Waals surface area (Å²) in [5.74, 6) is -5.56. The molecular formula is C56H73BBr2ClF14N11O7. The fraction of sp³-hybridized carbons (Fsp3) is 0.500. The van der Waals surface area contributed by atoms with Crippen LogP contribution in [0.2, 0.25) is 0 Å². The topological polar surface area (TPSA) is 192 Å². The number of ether oxygens (including phenoxy) is 4. The molecule has 8 aromatic rings. The van der Waals surface area contributed by atoms with Crippen molar-refractivity contribution < 1.29 is 94.8 Å². The molecule has 0 unspecified atom stereocenters. The van der Waals surface area contributed by atoms with Gasteiger partial charge in [-0.25, -0.2) is 18.7 Å². The molecule has 0 amide bonds. The van der Waals surface area contributed by atoms with Gasteiger partial charge in [0, 0.05) is 62.6 Å². The minimum atomic E-state index is -4.65. The Labute approximate surface area is 545 Å². The molecule has 1 aliphatic rings. The number of nitrogens with zero attached hydrogens (tertiary/aromatic N) is 11. The van der Waals surface area contributed by atoms with Crippen molar-refractivity contribution in [3.8, 4) is 22.9 Å². The molecule has 8 aromatic heterocycles. The summed E-state index contributed by atoms with van der Waals surface area (Å²) in [6.07, 6.45) is -11.6. The van der Waals surface area contributed by atoms with Crippen molar-refractivity contribution in [1.29, 1.82) is 0 Å². The first-order valence-electron chi connectivity index (χ1n) is 25.8. The summed E-state index contributed by atoms with van der Waals surface area (Å²) in [6.45, 7) is 17.4. The third kappa shape index (κ3) is 24.7. The zero-order valence-electron chi connectivity index (χ0n) is 48.5. The first-order chi connectivity index (χ1) is 40.5. The maximum Gasteiger partial charge on any atom is 0.496 e. The highest BCUT2D eigenvalue weighted by Gasteiger charge is 2.52. The number of halogens is 17. The molecule has 0 saturated carbocycles. The molecule has 0 bridgehead atoms. The Balaban J connectivity index is 0.00000118. The average molecular weight is 1480 g/mol. The van der Waals surface area contributed by atoms with Crippen LogP contribution in [0.5, 0.6) is 11.8 Å². The van der Waals surface area contributed by atoms with Gasteiger partial charge in [0.25, 0.3) is 11.8 Å². The van der Waals surface area contributed by atoms with Gasteiger partial charge in [-0.1, -0.05) is 43.6 Å². The van der Waals surface area contributed by atoms with Gasteiger partial charge in [0.05, 0.1) is 23.4 Å². The second-order valence-corrected chi connectivity index (χ2v) is 22.1. The predicted molar refractivity (Wildman–Crippen MR) is 326 cm³/mol. The van der Waals surface area contributed by atoms with Crippen molar-refractivity contribution in [3.05, 3.63) is 118 Å². The SMILES string of the molecule is C.C.C.C.CC.CC(C)O.CC(C)OC(F)(F)c1nnc2ccc(-c3cnc(OCC(F)(F)F)c(F)c3)cn12.CC(C)OC(F)(F)c1nnc2ccc(Br)cn12.CC1(C)OB(c2cnc(OCC(F)(F)F)c(F)c2)OC1(C)C.FC(F)(Cl)c1nnc2ccc(Br)cn12. The lowest BCUT2D eigenvalue weighted by molar-refractivity contribution is -0.272. The van der Waals surface area contributed by atoms with Gasteiger partial charge in [-0.05, 0) is 161 Å². The van der Waals surface area contributed by atoms with E-state index in [9.17, 15) is 61.5 Å². The minimum Gasteiger partial charge on any atom is -0.466 e. The predicted octanol–water partition coefficient (Wildman–Crippen LogP) is 16.5. The zero-order chi connectivity index (χ0) is 66.7. The molecule has 0 aliphatic carbocycles. The fourth-order valence-electron chi connectivity index (χ4n) is 6.72. The summed E-state index contributed by atoms with van der Waals surface area (Å²) >= 11 is 11.2. The summed E-state index contributed by atoms with van der Waals surface area (Å²) in [6, 6.07) is 11.2. The lowest BCUT2D eigenvalue weighted by atomic mass is 9.80. The van der Waals surface area contributed by atoms with E-state index in [1.807, 2.05) is 41.5 Å². The van der Waals surface area contributed by atoms with Crippen molar-refractivity contribution in [2.75, 3.05) is 13.2 Å². The number of rotatable bonds is 13. The van der Waals surface area contributed by atoms with E-state index in [1.54, 1.807) is 38.1 Å². The molecule has 1 N–H and O–H groups in total. The van der Waals surface area contributed by atoms with Crippen molar-refractivity contribution in [2.24, 2.45) is 0 Å². The third-order valence-corrected chi connectivity index (χ3v) is 12.0. The second-order valence-electron chi connectivity index (χ2n) is 19.8. The number of aliphatic hydroxyl groups is 1. The average Bonchev–Trinajstić information content (AvgIpc) is 1.63. The lowest BCUT2D eigenvalue weighted by Crippen LogP contribution is -2.41. The van der Waals surface area contributed by atoms with Gasteiger partial charge in [0.15, 0.2) is 41.8 Å². The van der Waals surface area contributed by atoms with Crippen LogP contribution in [-0.2, 0) is 36.4 Å². The number of aliphatic hydroxyl groups excluding tert-OH is 1. The Kier molecular flexibility index (Phi) is 32.6. The first kappa shape index (κ1) is 85.9. The summed E-state index contributed by atoms with van der Waals surface area (Å²) in [7, 11) is -0.844. The van der Waals surface area contributed by atoms with Crippen molar-refractivity contribution >= 4 is 73.0 Å². The van der Waals surface area contributed by atoms with Gasteiger partial charge >= 0.3 is 37.1 Å². The van der Waals surface area contributed by atoms with Crippen LogP contribution in [0.4, 0.5) is 61.5 Å². The van der Waals surface area contributed by atoms with Gasteiger partial charge < -0.3 is 33.4 Å². The highest BCUT2D eigenvalue weighted by molar-refractivity contribution is 9.10. The Morgan fingerprint density at radius 1 is 0.543 bits per heavy atom. The molecule has 1 aliphatic heterocycles. The Hall–Kier alpha value is -6.11. The Morgan fingerprint density at radius 3 is 1.25 bits per heavy atom. The quantitative estimate of drug-likeness (QED) is 0.0651. The van der Waals surface area contributed by atoms with Gasteiger partial charge in [-0.15, -0.1) is 30.6 Å². The van der Waals surface area contributed by atoms with E-state index in [2.05, 4.69) is 91.4 Å². The minimum absolute atomic E-state index is 0. The van der Waals surface area contributed by atoms with E-state index < -0.39 is 115 Å². The van der Waals surface area contributed by atoms with E-state index in [0.29, 0.717) is 20.2 Å². The monoisotopic (exact) mass is 1480 g/mol. The molecule has 9 heterocycles. The molecular weight excluding hydrogens is 1410 g/mol. The van der Waals surface area contributed by atoms with Crippen LogP contribution in [0.25, 0.3) is 28.1 Å².